The quantitative estimate of drug-likeness (QED) is 0.880. The number of nitrogens with zero attached hydrogens (tertiary/aromatic N) is 3. The Hall–Kier alpha value is -1.42. The van der Waals surface area contributed by atoms with Crippen molar-refractivity contribution in [2.45, 2.75) is 46.6 Å². The first-order chi connectivity index (χ1) is 9.52. The molecule has 2 rings (SSSR count). The van der Waals surface area contributed by atoms with Gasteiger partial charge in [0.1, 0.15) is 11.3 Å². The minimum Gasteiger partial charge on any atom is -0.330 e. The summed E-state index contributed by atoms with van der Waals surface area (Å²) in [6.07, 6.45) is 5.77. The molecule has 0 aliphatic carbocycles. The minimum absolute atomic E-state index is 0.398. The van der Waals surface area contributed by atoms with E-state index in [1.807, 2.05) is 18.5 Å². The van der Waals surface area contributed by atoms with Gasteiger partial charge in [0.25, 0.3) is 0 Å². The number of fused-ring (bicyclic) bond motifs is 1. The van der Waals surface area contributed by atoms with Gasteiger partial charge in [0.05, 0.1) is 11.7 Å². The number of pyridine rings is 1. The molecule has 110 valence electrons. The van der Waals surface area contributed by atoms with E-state index >= 15 is 0 Å². The van der Waals surface area contributed by atoms with Gasteiger partial charge in [-0.1, -0.05) is 13.8 Å². The van der Waals surface area contributed by atoms with Gasteiger partial charge in [0.15, 0.2) is 0 Å². The molecule has 0 amide bonds. The summed E-state index contributed by atoms with van der Waals surface area (Å²) >= 11 is 0. The van der Waals surface area contributed by atoms with Crippen LogP contribution in [-0.4, -0.2) is 21.1 Å². The Kier molecular flexibility index (Phi) is 4.76. The highest BCUT2D eigenvalue weighted by atomic mass is 15.1. The average molecular weight is 274 g/mol. The lowest BCUT2D eigenvalue weighted by molar-refractivity contribution is 0.400. The summed E-state index contributed by atoms with van der Waals surface area (Å²) in [6, 6.07) is 2.45. The largest absolute Gasteiger partial charge is 0.330 e. The zero-order chi connectivity index (χ0) is 14.7. The maximum absolute atomic E-state index is 5.94. The van der Waals surface area contributed by atoms with Gasteiger partial charge in [-0.25, -0.2) is 4.98 Å². The van der Waals surface area contributed by atoms with E-state index in [4.69, 9.17) is 10.7 Å². The zero-order valence-corrected chi connectivity index (χ0v) is 13.0. The van der Waals surface area contributed by atoms with Crippen molar-refractivity contribution >= 4 is 11.0 Å². The third-order valence-corrected chi connectivity index (χ3v) is 3.69. The van der Waals surface area contributed by atoms with Gasteiger partial charge >= 0.3 is 0 Å². The summed E-state index contributed by atoms with van der Waals surface area (Å²) in [5.41, 5.74) is 8.09. The van der Waals surface area contributed by atoms with Crippen molar-refractivity contribution in [3.05, 3.63) is 24.3 Å². The Morgan fingerprint density at radius 2 is 2.00 bits per heavy atom. The van der Waals surface area contributed by atoms with Crippen LogP contribution in [0.5, 0.6) is 0 Å². The predicted molar refractivity (Wildman–Crippen MR) is 83.6 cm³/mol. The number of rotatable bonds is 6. The first kappa shape index (κ1) is 15.0. The second-order valence-corrected chi connectivity index (χ2v) is 6.29. The fourth-order valence-corrected chi connectivity index (χ4v) is 2.91. The van der Waals surface area contributed by atoms with Crippen molar-refractivity contribution in [1.82, 2.24) is 14.5 Å². The highest BCUT2D eigenvalue weighted by Gasteiger charge is 2.18. The van der Waals surface area contributed by atoms with Gasteiger partial charge in [-0.3, -0.25) is 4.98 Å². The monoisotopic (exact) mass is 274 g/mol. The summed E-state index contributed by atoms with van der Waals surface area (Å²) < 4.78 is 2.32. The number of imidazole rings is 1. The van der Waals surface area contributed by atoms with Crippen molar-refractivity contribution < 1.29 is 0 Å². The van der Waals surface area contributed by atoms with Crippen LogP contribution in [0.15, 0.2) is 18.5 Å². The van der Waals surface area contributed by atoms with Crippen molar-refractivity contribution in [3.63, 3.8) is 0 Å². The van der Waals surface area contributed by atoms with Crippen LogP contribution in [0.4, 0.5) is 0 Å². The molecule has 0 saturated carbocycles. The molecule has 0 bridgehead atoms. The second kappa shape index (κ2) is 6.35. The molecule has 0 aliphatic heterocycles. The summed E-state index contributed by atoms with van der Waals surface area (Å²) in [6.45, 7) is 9.61. The molecule has 4 nitrogen and oxygen atoms in total. The molecule has 1 atom stereocenters. The third-order valence-electron chi connectivity index (χ3n) is 3.69. The molecule has 2 aromatic heterocycles. The Morgan fingerprint density at radius 3 is 2.60 bits per heavy atom. The van der Waals surface area contributed by atoms with E-state index in [1.54, 1.807) is 0 Å². The van der Waals surface area contributed by atoms with Crippen LogP contribution in [0, 0.1) is 11.8 Å². The first-order valence-electron chi connectivity index (χ1n) is 7.53. The van der Waals surface area contributed by atoms with E-state index in [1.165, 1.54) is 5.52 Å². The molecule has 0 fully saturated rings. The standard InChI is InChI=1S/C16H26N4/c1-11(2)7-13(9-17)8-16-19-14-10-18-6-5-15(14)20(16)12(3)4/h5-6,10-13H,7-9,17H2,1-4H3. The molecule has 1 unspecified atom stereocenters. The summed E-state index contributed by atoms with van der Waals surface area (Å²) in [7, 11) is 0. The normalized spacial score (nSPS) is 13.6. The molecule has 2 aromatic rings. The molecule has 0 spiro atoms. The topological polar surface area (TPSA) is 56.7 Å². The smallest absolute Gasteiger partial charge is 0.110 e. The maximum Gasteiger partial charge on any atom is 0.110 e. The number of aromatic nitrogens is 3. The lowest BCUT2D eigenvalue weighted by Crippen LogP contribution is -2.21. The zero-order valence-electron chi connectivity index (χ0n) is 13.0. The molecule has 20 heavy (non-hydrogen) atoms. The third kappa shape index (κ3) is 3.18. The molecule has 2 heterocycles. The Balaban J connectivity index is 2.35. The van der Waals surface area contributed by atoms with Crippen LogP contribution < -0.4 is 5.73 Å². The summed E-state index contributed by atoms with van der Waals surface area (Å²) in [4.78, 5) is 8.95. The number of hydrogen-bond donors (Lipinski definition) is 1. The van der Waals surface area contributed by atoms with Crippen molar-refractivity contribution in [2.24, 2.45) is 17.6 Å². The van der Waals surface area contributed by atoms with Crippen molar-refractivity contribution in [3.8, 4) is 0 Å². The second-order valence-electron chi connectivity index (χ2n) is 6.29. The van der Waals surface area contributed by atoms with Crippen LogP contribution in [0.3, 0.4) is 0 Å². The van der Waals surface area contributed by atoms with Crippen LogP contribution in [0.25, 0.3) is 11.0 Å². The van der Waals surface area contributed by atoms with Crippen LogP contribution in [0.2, 0.25) is 0 Å². The van der Waals surface area contributed by atoms with E-state index in [-0.39, 0.29) is 0 Å². The lowest BCUT2D eigenvalue weighted by atomic mass is 9.94. The molecule has 0 aliphatic rings. The Bertz CT molecular complexity index is 557. The van der Waals surface area contributed by atoms with E-state index in [0.29, 0.717) is 17.9 Å². The molecular formula is C16H26N4. The van der Waals surface area contributed by atoms with Crippen molar-refractivity contribution in [1.29, 1.82) is 0 Å². The molecule has 0 aromatic carbocycles. The number of nitrogens with two attached hydrogens (primary N) is 1. The van der Waals surface area contributed by atoms with Gasteiger partial charge in [0.2, 0.25) is 0 Å². The average Bonchev–Trinajstić information content (AvgIpc) is 2.75. The fraction of sp³-hybridized carbons (Fsp3) is 0.625. The van der Waals surface area contributed by atoms with Gasteiger partial charge in [0, 0.05) is 18.7 Å². The minimum atomic E-state index is 0.398. The summed E-state index contributed by atoms with van der Waals surface area (Å²) in [5, 5.41) is 0. The molecule has 0 radical (unpaired) electrons. The summed E-state index contributed by atoms with van der Waals surface area (Å²) in [5.74, 6) is 2.30. The highest BCUT2D eigenvalue weighted by Crippen LogP contribution is 2.23. The van der Waals surface area contributed by atoms with Crippen LogP contribution in [0.1, 0.15) is 46.0 Å². The van der Waals surface area contributed by atoms with E-state index in [0.717, 1.165) is 30.7 Å². The Labute approximate surface area is 121 Å². The number of hydrogen-bond acceptors (Lipinski definition) is 3. The van der Waals surface area contributed by atoms with Gasteiger partial charge in [-0.15, -0.1) is 0 Å². The van der Waals surface area contributed by atoms with Gasteiger partial charge in [-0.05, 0) is 44.7 Å². The molecule has 2 N–H and O–H groups in total. The van der Waals surface area contributed by atoms with Crippen LogP contribution in [-0.2, 0) is 6.42 Å². The Morgan fingerprint density at radius 1 is 1.25 bits per heavy atom. The SMILES string of the molecule is CC(C)CC(CN)Cc1nc2cnccc2n1C(C)C. The molecule has 4 heteroatoms. The molecular weight excluding hydrogens is 248 g/mol. The van der Waals surface area contributed by atoms with Crippen LogP contribution >= 0.6 is 0 Å². The first-order valence-corrected chi connectivity index (χ1v) is 7.53. The van der Waals surface area contributed by atoms with Gasteiger partial charge < -0.3 is 10.3 Å². The van der Waals surface area contributed by atoms with E-state index in [2.05, 4.69) is 37.2 Å². The molecule has 0 saturated heterocycles. The fourth-order valence-electron chi connectivity index (χ4n) is 2.91. The maximum atomic E-state index is 5.94. The predicted octanol–water partition coefficient (Wildman–Crippen LogP) is 3.18. The lowest BCUT2D eigenvalue weighted by Gasteiger charge is -2.19. The van der Waals surface area contributed by atoms with Crippen molar-refractivity contribution in [2.75, 3.05) is 6.54 Å². The highest BCUT2D eigenvalue weighted by molar-refractivity contribution is 5.74. The van der Waals surface area contributed by atoms with Gasteiger partial charge in [-0.2, -0.15) is 0 Å². The van der Waals surface area contributed by atoms with E-state index in [9.17, 15) is 0 Å². The van der Waals surface area contributed by atoms with E-state index < -0.39 is 0 Å².